The maximum atomic E-state index is 12.5. The highest BCUT2D eigenvalue weighted by Crippen LogP contribution is 2.20. The molecule has 2 rings (SSSR count). The van der Waals surface area contributed by atoms with Gasteiger partial charge in [0.15, 0.2) is 12.1 Å². The van der Waals surface area contributed by atoms with Crippen LogP contribution in [0, 0.1) is 0 Å². The molecule has 1 aliphatic heterocycles. The maximum Gasteiger partial charge on any atom is 0.273 e. The highest BCUT2D eigenvalue weighted by molar-refractivity contribution is 5.93. The van der Waals surface area contributed by atoms with Gasteiger partial charge in [0.2, 0.25) is 5.91 Å². The molecular weight excluding hydrogens is 332 g/mol. The van der Waals surface area contributed by atoms with E-state index in [1.54, 1.807) is 0 Å². The van der Waals surface area contributed by atoms with Crippen LogP contribution in [0.15, 0.2) is 22.5 Å². The minimum Gasteiger partial charge on any atom is -0.448 e. The topological polar surface area (TPSA) is 87.5 Å². The molecule has 2 N–H and O–H groups in total. The Labute approximate surface area is 155 Å². The molecule has 144 valence electrons. The number of oxazole rings is 1. The fourth-order valence-corrected chi connectivity index (χ4v) is 3.30. The molecule has 1 fully saturated rings. The first kappa shape index (κ1) is 20.2. The molecule has 2 atom stereocenters. The average Bonchev–Trinajstić information content (AvgIpc) is 3.21. The van der Waals surface area contributed by atoms with Gasteiger partial charge in [0.1, 0.15) is 5.76 Å². The Balaban J connectivity index is 2.02. The molecule has 1 aliphatic rings. The molecular formula is C19H30N4O3. The van der Waals surface area contributed by atoms with Crippen LogP contribution in [0.1, 0.15) is 56.8 Å². The summed E-state index contributed by atoms with van der Waals surface area (Å²) in [4.78, 5) is 31.1. The molecule has 0 spiro atoms. The smallest absolute Gasteiger partial charge is 0.273 e. The SMILES string of the molecule is CCNC(=O)[C@@H]1C[C@H](NC(=O)c2ncoc2CC)CN1CCC=C(C)C. The Hall–Kier alpha value is -2.15. The lowest BCUT2D eigenvalue weighted by molar-refractivity contribution is -0.125. The molecule has 0 saturated carbocycles. The van der Waals surface area contributed by atoms with Crippen LogP contribution in [0.25, 0.3) is 0 Å². The number of hydrogen-bond acceptors (Lipinski definition) is 5. The van der Waals surface area contributed by atoms with Crippen LogP contribution < -0.4 is 10.6 Å². The summed E-state index contributed by atoms with van der Waals surface area (Å²) in [5, 5.41) is 5.91. The van der Waals surface area contributed by atoms with Crippen LogP contribution >= 0.6 is 0 Å². The number of likely N-dealkylation sites (N-methyl/N-ethyl adjacent to an activating group) is 1. The number of aryl methyl sites for hydroxylation is 1. The van der Waals surface area contributed by atoms with E-state index in [0.29, 0.717) is 37.4 Å². The molecule has 2 heterocycles. The molecule has 0 aliphatic carbocycles. The highest BCUT2D eigenvalue weighted by Gasteiger charge is 2.37. The molecule has 0 aromatic carbocycles. The van der Waals surface area contributed by atoms with E-state index < -0.39 is 0 Å². The molecule has 1 saturated heterocycles. The van der Waals surface area contributed by atoms with Crippen molar-refractivity contribution < 1.29 is 14.0 Å². The fourth-order valence-electron chi connectivity index (χ4n) is 3.30. The van der Waals surface area contributed by atoms with Crippen LogP contribution in [-0.4, -0.2) is 53.4 Å². The number of hydrogen-bond donors (Lipinski definition) is 2. The summed E-state index contributed by atoms with van der Waals surface area (Å²) >= 11 is 0. The second kappa shape index (κ2) is 9.52. The summed E-state index contributed by atoms with van der Waals surface area (Å²) < 4.78 is 5.23. The zero-order valence-corrected chi connectivity index (χ0v) is 16.2. The molecule has 1 aromatic rings. The second-order valence-corrected chi connectivity index (χ2v) is 6.86. The minimum absolute atomic E-state index is 0.0251. The quantitative estimate of drug-likeness (QED) is 0.690. The predicted molar refractivity (Wildman–Crippen MR) is 99.8 cm³/mol. The molecule has 1 aromatic heterocycles. The van der Waals surface area contributed by atoms with Crippen LogP contribution in [0.5, 0.6) is 0 Å². The Morgan fingerprint density at radius 2 is 2.15 bits per heavy atom. The first-order chi connectivity index (χ1) is 12.5. The van der Waals surface area contributed by atoms with Gasteiger partial charge >= 0.3 is 0 Å². The normalized spacial score (nSPS) is 20.0. The number of carbonyl (C=O) groups is 2. The van der Waals surface area contributed by atoms with Crippen molar-refractivity contribution in [3.63, 3.8) is 0 Å². The van der Waals surface area contributed by atoms with Gasteiger partial charge in [0.05, 0.1) is 6.04 Å². The van der Waals surface area contributed by atoms with Crippen LogP contribution in [0.4, 0.5) is 0 Å². The number of nitrogens with zero attached hydrogens (tertiary/aromatic N) is 2. The van der Waals surface area contributed by atoms with Crippen molar-refractivity contribution in [3.8, 4) is 0 Å². The van der Waals surface area contributed by atoms with E-state index in [-0.39, 0.29) is 23.9 Å². The van der Waals surface area contributed by atoms with E-state index in [1.165, 1.54) is 12.0 Å². The van der Waals surface area contributed by atoms with E-state index in [2.05, 4.69) is 40.4 Å². The Bertz CT molecular complexity index is 649. The van der Waals surface area contributed by atoms with Crippen molar-refractivity contribution in [1.29, 1.82) is 0 Å². The van der Waals surface area contributed by atoms with E-state index in [4.69, 9.17) is 4.42 Å². The number of allylic oxidation sites excluding steroid dienone is 1. The van der Waals surface area contributed by atoms with Crippen molar-refractivity contribution in [2.24, 2.45) is 0 Å². The second-order valence-electron chi connectivity index (χ2n) is 6.86. The first-order valence-corrected chi connectivity index (χ1v) is 9.34. The van der Waals surface area contributed by atoms with Gasteiger partial charge < -0.3 is 15.1 Å². The van der Waals surface area contributed by atoms with Gasteiger partial charge in [-0.25, -0.2) is 4.98 Å². The van der Waals surface area contributed by atoms with Gasteiger partial charge in [-0.1, -0.05) is 18.6 Å². The van der Waals surface area contributed by atoms with Gasteiger partial charge in [-0.3, -0.25) is 14.5 Å². The van der Waals surface area contributed by atoms with Crippen LogP contribution in [0.2, 0.25) is 0 Å². The third-order valence-corrected chi connectivity index (χ3v) is 4.54. The molecule has 0 bridgehead atoms. The largest absolute Gasteiger partial charge is 0.448 e. The van der Waals surface area contributed by atoms with Crippen LogP contribution in [0.3, 0.4) is 0 Å². The van der Waals surface area contributed by atoms with Crippen molar-refractivity contribution in [2.75, 3.05) is 19.6 Å². The molecule has 0 unspecified atom stereocenters. The summed E-state index contributed by atoms with van der Waals surface area (Å²) in [5.41, 5.74) is 1.60. The summed E-state index contributed by atoms with van der Waals surface area (Å²) in [5.74, 6) is 0.375. The lowest BCUT2D eigenvalue weighted by Gasteiger charge is -2.22. The summed E-state index contributed by atoms with van der Waals surface area (Å²) in [6, 6.07) is -0.294. The molecule has 0 radical (unpaired) electrons. The number of likely N-dealkylation sites (tertiary alicyclic amines) is 1. The zero-order chi connectivity index (χ0) is 19.1. The van der Waals surface area contributed by atoms with E-state index in [1.807, 2.05) is 13.8 Å². The lowest BCUT2D eigenvalue weighted by atomic mass is 10.1. The average molecular weight is 362 g/mol. The number of amides is 2. The van der Waals surface area contributed by atoms with Gasteiger partial charge in [0.25, 0.3) is 5.91 Å². The Morgan fingerprint density at radius 1 is 1.38 bits per heavy atom. The van der Waals surface area contributed by atoms with Crippen LogP contribution in [-0.2, 0) is 11.2 Å². The van der Waals surface area contributed by atoms with Crippen molar-refractivity contribution in [2.45, 2.75) is 59.0 Å². The maximum absolute atomic E-state index is 12.5. The molecule has 2 amide bonds. The summed E-state index contributed by atoms with van der Waals surface area (Å²) in [6.45, 7) is 10.0. The van der Waals surface area contributed by atoms with Gasteiger partial charge in [0, 0.05) is 32.1 Å². The van der Waals surface area contributed by atoms with Gasteiger partial charge in [-0.2, -0.15) is 0 Å². The summed E-state index contributed by atoms with van der Waals surface area (Å²) in [6.07, 6.45) is 5.58. The standard InChI is InChI=1S/C19H30N4O3/c1-5-16-17(21-12-26-16)19(25)22-14-10-15(18(24)20-6-2)23(11-14)9-7-8-13(3)4/h8,12,14-15H,5-7,9-11H2,1-4H3,(H,20,24)(H,22,25)/t14-,15-/m0/s1. The molecule has 7 heteroatoms. The van der Waals surface area contributed by atoms with E-state index in [9.17, 15) is 9.59 Å². The third-order valence-electron chi connectivity index (χ3n) is 4.54. The van der Waals surface area contributed by atoms with E-state index >= 15 is 0 Å². The fraction of sp³-hybridized carbons (Fsp3) is 0.632. The Morgan fingerprint density at radius 3 is 2.81 bits per heavy atom. The van der Waals surface area contributed by atoms with Crippen molar-refractivity contribution >= 4 is 11.8 Å². The monoisotopic (exact) mass is 362 g/mol. The lowest BCUT2D eigenvalue weighted by Crippen LogP contribution is -2.43. The third kappa shape index (κ3) is 5.17. The predicted octanol–water partition coefficient (Wildman–Crippen LogP) is 1.90. The molecule has 7 nitrogen and oxygen atoms in total. The number of nitrogens with one attached hydrogen (secondary N) is 2. The van der Waals surface area contributed by atoms with Gasteiger partial charge in [-0.05, 0) is 33.6 Å². The number of carbonyl (C=O) groups excluding carboxylic acids is 2. The van der Waals surface area contributed by atoms with Crippen molar-refractivity contribution in [3.05, 3.63) is 29.5 Å². The summed E-state index contributed by atoms with van der Waals surface area (Å²) in [7, 11) is 0. The minimum atomic E-state index is -0.235. The molecule has 26 heavy (non-hydrogen) atoms. The zero-order valence-electron chi connectivity index (χ0n) is 16.2. The van der Waals surface area contributed by atoms with Gasteiger partial charge in [-0.15, -0.1) is 0 Å². The number of rotatable bonds is 8. The Kier molecular flexibility index (Phi) is 7.38. The number of aromatic nitrogens is 1. The highest BCUT2D eigenvalue weighted by atomic mass is 16.3. The van der Waals surface area contributed by atoms with Crippen molar-refractivity contribution in [1.82, 2.24) is 20.5 Å². The van der Waals surface area contributed by atoms with E-state index in [0.717, 1.165) is 13.0 Å². The first-order valence-electron chi connectivity index (χ1n) is 9.34.